The van der Waals surface area contributed by atoms with Gasteiger partial charge in [0.2, 0.25) is 5.91 Å². The van der Waals surface area contributed by atoms with Gasteiger partial charge in [0.15, 0.2) is 0 Å². The van der Waals surface area contributed by atoms with Gasteiger partial charge in [-0.25, -0.2) is 0 Å². The molecule has 1 saturated heterocycles. The predicted molar refractivity (Wildman–Crippen MR) is 96.2 cm³/mol. The Hall–Kier alpha value is -1.88. The average Bonchev–Trinajstić information content (AvgIpc) is 2.57. The summed E-state index contributed by atoms with van der Waals surface area (Å²) in [6.07, 6.45) is 0.0784. The standard InChI is InChI=1S/C19H21ClN2O2/c1-14(23)21-18-8-2-15(3-9-18)12-22-10-11-24-19(13-22)16-4-6-17(20)7-5-16/h2-9,19H,10-13H2,1H3,(H,21,23). The number of hydrogen-bond donors (Lipinski definition) is 1. The molecule has 5 heteroatoms. The number of carbonyl (C=O) groups is 1. The van der Waals surface area contributed by atoms with Crippen molar-refractivity contribution in [2.24, 2.45) is 0 Å². The first kappa shape index (κ1) is 17.0. The third kappa shape index (κ3) is 4.57. The van der Waals surface area contributed by atoms with Gasteiger partial charge in [0.1, 0.15) is 0 Å². The van der Waals surface area contributed by atoms with Crippen LogP contribution in [0.4, 0.5) is 5.69 Å². The molecular weight excluding hydrogens is 324 g/mol. The molecule has 0 aliphatic carbocycles. The Labute approximate surface area is 147 Å². The lowest BCUT2D eigenvalue weighted by Crippen LogP contribution is -2.37. The number of ether oxygens (including phenoxy) is 1. The molecule has 1 unspecified atom stereocenters. The van der Waals surface area contributed by atoms with Crippen LogP contribution in [-0.2, 0) is 16.1 Å². The van der Waals surface area contributed by atoms with Crippen LogP contribution in [0.15, 0.2) is 48.5 Å². The van der Waals surface area contributed by atoms with Crippen molar-refractivity contribution in [2.45, 2.75) is 19.6 Å². The highest BCUT2D eigenvalue weighted by Gasteiger charge is 2.21. The third-order valence-electron chi connectivity index (χ3n) is 4.07. The molecular formula is C19H21ClN2O2. The predicted octanol–water partition coefficient (Wildman–Crippen LogP) is 3.87. The zero-order valence-electron chi connectivity index (χ0n) is 13.7. The fraction of sp³-hybridized carbons (Fsp3) is 0.316. The van der Waals surface area contributed by atoms with Gasteiger partial charge in [-0.15, -0.1) is 0 Å². The van der Waals surface area contributed by atoms with E-state index in [1.165, 1.54) is 12.5 Å². The molecule has 1 N–H and O–H groups in total. The number of morpholine rings is 1. The van der Waals surface area contributed by atoms with Crippen molar-refractivity contribution in [3.05, 3.63) is 64.7 Å². The smallest absolute Gasteiger partial charge is 0.221 e. The number of hydrogen-bond acceptors (Lipinski definition) is 3. The van der Waals surface area contributed by atoms with Crippen molar-refractivity contribution < 1.29 is 9.53 Å². The molecule has 1 heterocycles. The van der Waals surface area contributed by atoms with Crippen molar-refractivity contribution in [3.63, 3.8) is 0 Å². The quantitative estimate of drug-likeness (QED) is 0.915. The molecule has 1 aliphatic rings. The number of carbonyl (C=O) groups excluding carboxylic acids is 1. The second-order valence-electron chi connectivity index (χ2n) is 6.02. The SMILES string of the molecule is CC(=O)Nc1ccc(CN2CCOC(c3ccc(Cl)cc3)C2)cc1. The molecule has 0 spiro atoms. The topological polar surface area (TPSA) is 41.6 Å². The Morgan fingerprint density at radius 2 is 1.92 bits per heavy atom. The summed E-state index contributed by atoms with van der Waals surface area (Å²) in [4.78, 5) is 13.5. The monoisotopic (exact) mass is 344 g/mol. The van der Waals surface area contributed by atoms with Crippen LogP contribution in [0.5, 0.6) is 0 Å². The minimum Gasteiger partial charge on any atom is -0.371 e. The highest BCUT2D eigenvalue weighted by atomic mass is 35.5. The van der Waals surface area contributed by atoms with Crippen molar-refractivity contribution in [1.29, 1.82) is 0 Å². The molecule has 1 fully saturated rings. The Bertz CT molecular complexity index is 686. The van der Waals surface area contributed by atoms with Crippen LogP contribution in [0.2, 0.25) is 5.02 Å². The van der Waals surface area contributed by atoms with E-state index in [9.17, 15) is 4.79 Å². The van der Waals surface area contributed by atoms with E-state index in [4.69, 9.17) is 16.3 Å². The van der Waals surface area contributed by atoms with Crippen LogP contribution in [0.3, 0.4) is 0 Å². The van der Waals surface area contributed by atoms with Gasteiger partial charge in [-0.2, -0.15) is 0 Å². The van der Waals surface area contributed by atoms with Crippen LogP contribution in [0.1, 0.15) is 24.2 Å². The lowest BCUT2D eigenvalue weighted by atomic mass is 10.1. The third-order valence-corrected chi connectivity index (χ3v) is 4.32. The summed E-state index contributed by atoms with van der Waals surface area (Å²) < 4.78 is 5.90. The Kier molecular flexibility index (Phi) is 5.51. The second kappa shape index (κ2) is 7.79. The normalized spacial score (nSPS) is 18.3. The van der Waals surface area contributed by atoms with Gasteiger partial charge in [0, 0.05) is 37.3 Å². The summed E-state index contributed by atoms with van der Waals surface area (Å²) in [6, 6.07) is 15.8. The van der Waals surface area contributed by atoms with Gasteiger partial charge < -0.3 is 10.1 Å². The van der Waals surface area contributed by atoms with E-state index < -0.39 is 0 Å². The highest BCUT2D eigenvalue weighted by Crippen LogP contribution is 2.24. The van der Waals surface area contributed by atoms with Crippen LogP contribution in [0.25, 0.3) is 0 Å². The summed E-state index contributed by atoms with van der Waals surface area (Å²) in [6.45, 7) is 4.87. The van der Waals surface area contributed by atoms with Crippen molar-refractivity contribution in [1.82, 2.24) is 4.90 Å². The molecule has 1 amide bonds. The maximum Gasteiger partial charge on any atom is 0.221 e. The first-order chi connectivity index (χ1) is 11.6. The van der Waals surface area contributed by atoms with E-state index in [-0.39, 0.29) is 12.0 Å². The zero-order valence-corrected chi connectivity index (χ0v) is 14.4. The number of amides is 1. The van der Waals surface area contributed by atoms with Crippen LogP contribution >= 0.6 is 11.6 Å². The Morgan fingerprint density at radius 3 is 2.58 bits per heavy atom. The molecule has 4 nitrogen and oxygen atoms in total. The summed E-state index contributed by atoms with van der Waals surface area (Å²) in [7, 11) is 0. The van der Waals surface area contributed by atoms with Crippen molar-refractivity contribution in [3.8, 4) is 0 Å². The summed E-state index contributed by atoms with van der Waals surface area (Å²) >= 11 is 5.95. The van der Waals surface area contributed by atoms with Gasteiger partial charge in [-0.05, 0) is 35.4 Å². The fourth-order valence-electron chi connectivity index (χ4n) is 2.88. The second-order valence-corrected chi connectivity index (χ2v) is 6.46. The lowest BCUT2D eigenvalue weighted by molar-refractivity contribution is -0.114. The van der Waals surface area contributed by atoms with E-state index >= 15 is 0 Å². The minimum absolute atomic E-state index is 0.0539. The number of anilines is 1. The molecule has 0 aromatic heterocycles. The van der Waals surface area contributed by atoms with Crippen molar-refractivity contribution >= 4 is 23.2 Å². The van der Waals surface area contributed by atoms with Gasteiger partial charge >= 0.3 is 0 Å². The number of halogens is 1. The largest absolute Gasteiger partial charge is 0.371 e. The summed E-state index contributed by atoms with van der Waals surface area (Å²) in [5.74, 6) is -0.0539. The number of rotatable bonds is 4. The van der Waals surface area contributed by atoms with Gasteiger partial charge in [-0.1, -0.05) is 35.9 Å². The summed E-state index contributed by atoms with van der Waals surface area (Å²) in [5.41, 5.74) is 3.21. The molecule has 1 atom stereocenters. The first-order valence-electron chi connectivity index (χ1n) is 8.06. The van der Waals surface area contributed by atoms with Crippen LogP contribution in [0, 0.1) is 0 Å². The van der Waals surface area contributed by atoms with E-state index in [1.807, 2.05) is 36.4 Å². The molecule has 0 bridgehead atoms. The van der Waals surface area contributed by atoms with Crippen LogP contribution < -0.4 is 5.32 Å². The van der Waals surface area contributed by atoms with E-state index in [2.05, 4.69) is 22.3 Å². The number of nitrogens with zero attached hydrogens (tertiary/aromatic N) is 1. The zero-order chi connectivity index (χ0) is 16.9. The van der Waals surface area contributed by atoms with E-state index in [0.29, 0.717) is 0 Å². The number of benzene rings is 2. The number of nitrogens with one attached hydrogen (secondary N) is 1. The molecule has 2 aromatic rings. The minimum atomic E-state index is -0.0539. The maximum atomic E-state index is 11.1. The van der Waals surface area contributed by atoms with E-state index in [0.717, 1.165) is 42.5 Å². The molecule has 2 aromatic carbocycles. The van der Waals surface area contributed by atoms with Crippen LogP contribution in [-0.4, -0.2) is 30.5 Å². The highest BCUT2D eigenvalue weighted by molar-refractivity contribution is 6.30. The molecule has 1 aliphatic heterocycles. The Morgan fingerprint density at radius 1 is 1.21 bits per heavy atom. The summed E-state index contributed by atoms with van der Waals surface area (Å²) in [5, 5.41) is 3.53. The van der Waals surface area contributed by atoms with Gasteiger partial charge in [0.05, 0.1) is 12.7 Å². The molecule has 3 rings (SSSR count). The van der Waals surface area contributed by atoms with Gasteiger partial charge in [0.25, 0.3) is 0 Å². The van der Waals surface area contributed by atoms with Gasteiger partial charge in [-0.3, -0.25) is 9.69 Å². The van der Waals surface area contributed by atoms with Crippen molar-refractivity contribution in [2.75, 3.05) is 25.0 Å². The van der Waals surface area contributed by atoms with E-state index in [1.54, 1.807) is 0 Å². The average molecular weight is 345 g/mol. The first-order valence-corrected chi connectivity index (χ1v) is 8.44. The maximum absolute atomic E-state index is 11.1. The molecule has 0 saturated carbocycles. The molecule has 0 radical (unpaired) electrons. The molecule has 24 heavy (non-hydrogen) atoms. The lowest BCUT2D eigenvalue weighted by Gasteiger charge is -2.33. The fourth-order valence-corrected chi connectivity index (χ4v) is 3.01. The Balaban J connectivity index is 1.60. The molecule has 126 valence electrons.